The Morgan fingerprint density at radius 2 is 1.24 bits per heavy atom. The van der Waals surface area contributed by atoms with E-state index in [-0.39, 0.29) is 0 Å². The maximum absolute atomic E-state index is 6.09. The summed E-state index contributed by atoms with van der Waals surface area (Å²) in [7, 11) is 0. The van der Waals surface area contributed by atoms with E-state index in [2.05, 4.69) is 97.1 Å². The van der Waals surface area contributed by atoms with Crippen LogP contribution in [-0.2, 0) is 0 Å². The molecule has 1 aromatic heterocycles. The number of furan rings is 1. The van der Waals surface area contributed by atoms with E-state index in [1.54, 1.807) is 0 Å². The molecule has 0 N–H and O–H groups in total. The summed E-state index contributed by atoms with van der Waals surface area (Å²) in [5.41, 5.74) is 7.26. The molecule has 0 aliphatic heterocycles. The summed E-state index contributed by atoms with van der Waals surface area (Å²) in [6, 6.07) is 34.8. The summed E-state index contributed by atoms with van der Waals surface area (Å²) < 4.78 is 6.09. The van der Waals surface area contributed by atoms with Crippen molar-refractivity contribution >= 4 is 54.6 Å². The number of hydrogen-bond donors (Lipinski definition) is 0. The van der Waals surface area contributed by atoms with Crippen LogP contribution in [0, 0.1) is 0 Å². The molecule has 0 radical (unpaired) electrons. The Hall–Kier alpha value is -4.10. The molecule has 0 saturated heterocycles. The van der Waals surface area contributed by atoms with E-state index in [0.29, 0.717) is 0 Å². The highest BCUT2D eigenvalue weighted by atomic mass is 16.3. The SMILES string of the molecule is C1=CC(c2c3ccccc3cc3ccccc23)=C(c2ccc3oc4ccccc4c3c2)CC1. The Kier molecular flexibility index (Phi) is 4.04. The molecule has 0 unspecified atom stereocenters. The molecule has 0 amide bonds. The molecule has 0 spiro atoms. The first-order valence-corrected chi connectivity index (χ1v) is 11.6. The van der Waals surface area contributed by atoms with Gasteiger partial charge in [0.1, 0.15) is 11.2 Å². The molecular weight excluding hydrogens is 400 g/mol. The number of hydrogen-bond acceptors (Lipinski definition) is 1. The average molecular weight is 423 g/mol. The van der Waals surface area contributed by atoms with Crippen LogP contribution in [0.3, 0.4) is 0 Å². The van der Waals surface area contributed by atoms with Crippen LogP contribution in [0.2, 0.25) is 0 Å². The quantitative estimate of drug-likeness (QED) is 0.254. The van der Waals surface area contributed by atoms with Gasteiger partial charge in [-0.25, -0.2) is 0 Å². The van der Waals surface area contributed by atoms with Crippen LogP contribution in [0.1, 0.15) is 24.0 Å². The zero-order chi connectivity index (χ0) is 21.8. The third-order valence-electron chi connectivity index (χ3n) is 6.94. The lowest BCUT2D eigenvalue weighted by molar-refractivity contribution is 0.669. The second kappa shape index (κ2) is 7.21. The summed E-state index contributed by atoms with van der Waals surface area (Å²) in [6.07, 6.45) is 6.75. The van der Waals surface area contributed by atoms with Crippen LogP contribution in [0.4, 0.5) is 0 Å². The Labute approximate surface area is 192 Å². The van der Waals surface area contributed by atoms with E-state index in [1.165, 1.54) is 54.6 Å². The van der Waals surface area contributed by atoms with E-state index in [9.17, 15) is 0 Å². The molecule has 1 aliphatic carbocycles. The molecule has 0 fully saturated rings. The summed E-state index contributed by atoms with van der Waals surface area (Å²) in [5, 5.41) is 7.56. The number of rotatable bonds is 2. The van der Waals surface area contributed by atoms with Gasteiger partial charge in [-0.2, -0.15) is 0 Å². The monoisotopic (exact) mass is 422 g/mol. The van der Waals surface area contributed by atoms with Crippen molar-refractivity contribution < 1.29 is 4.42 Å². The van der Waals surface area contributed by atoms with Crippen molar-refractivity contribution in [3.05, 3.63) is 120 Å². The van der Waals surface area contributed by atoms with Crippen molar-refractivity contribution in [1.82, 2.24) is 0 Å². The van der Waals surface area contributed by atoms with Gasteiger partial charge in [0, 0.05) is 10.8 Å². The molecule has 0 bridgehead atoms. The first kappa shape index (κ1) is 18.5. The molecule has 1 heteroatoms. The van der Waals surface area contributed by atoms with Gasteiger partial charge < -0.3 is 4.42 Å². The van der Waals surface area contributed by atoms with Gasteiger partial charge >= 0.3 is 0 Å². The summed E-state index contributed by atoms with van der Waals surface area (Å²) >= 11 is 0. The second-order valence-corrected chi connectivity index (χ2v) is 8.84. The smallest absolute Gasteiger partial charge is 0.135 e. The predicted octanol–water partition coefficient (Wildman–Crippen LogP) is 9.15. The number of benzene rings is 5. The maximum Gasteiger partial charge on any atom is 0.135 e. The van der Waals surface area contributed by atoms with E-state index >= 15 is 0 Å². The molecule has 0 saturated carbocycles. The first-order valence-electron chi connectivity index (χ1n) is 11.6. The predicted molar refractivity (Wildman–Crippen MR) is 140 cm³/mol. The van der Waals surface area contributed by atoms with Crippen molar-refractivity contribution in [3.63, 3.8) is 0 Å². The molecule has 1 heterocycles. The molecular formula is C32H22O. The van der Waals surface area contributed by atoms with Gasteiger partial charge in [-0.15, -0.1) is 0 Å². The van der Waals surface area contributed by atoms with Gasteiger partial charge in [-0.1, -0.05) is 84.9 Å². The van der Waals surface area contributed by atoms with Crippen molar-refractivity contribution in [2.45, 2.75) is 12.8 Å². The molecule has 6 aromatic rings. The third kappa shape index (κ3) is 2.86. The summed E-state index contributed by atoms with van der Waals surface area (Å²) in [6.45, 7) is 0. The lowest BCUT2D eigenvalue weighted by Crippen LogP contribution is -1.97. The maximum atomic E-state index is 6.09. The van der Waals surface area contributed by atoms with Crippen LogP contribution >= 0.6 is 0 Å². The summed E-state index contributed by atoms with van der Waals surface area (Å²) in [5.74, 6) is 0. The van der Waals surface area contributed by atoms with Crippen LogP contribution in [0.5, 0.6) is 0 Å². The fourth-order valence-corrected chi connectivity index (χ4v) is 5.42. The highest BCUT2D eigenvalue weighted by Gasteiger charge is 2.18. The zero-order valence-electron chi connectivity index (χ0n) is 18.2. The Bertz CT molecular complexity index is 1710. The van der Waals surface area contributed by atoms with Crippen LogP contribution in [0.15, 0.2) is 114 Å². The Morgan fingerprint density at radius 3 is 2.03 bits per heavy atom. The molecule has 7 rings (SSSR count). The number of allylic oxidation sites excluding steroid dienone is 4. The molecule has 0 atom stereocenters. The van der Waals surface area contributed by atoms with E-state index < -0.39 is 0 Å². The fourth-order valence-electron chi connectivity index (χ4n) is 5.42. The Balaban J connectivity index is 1.56. The van der Waals surface area contributed by atoms with Gasteiger partial charge in [0.25, 0.3) is 0 Å². The van der Waals surface area contributed by atoms with Gasteiger partial charge in [0.15, 0.2) is 0 Å². The van der Waals surface area contributed by atoms with E-state index in [0.717, 1.165) is 24.0 Å². The van der Waals surface area contributed by atoms with Crippen LogP contribution in [0.25, 0.3) is 54.6 Å². The van der Waals surface area contributed by atoms with Crippen molar-refractivity contribution in [3.8, 4) is 0 Å². The highest BCUT2D eigenvalue weighted by molar-refractivity contribution is 6.15. The van der Waals surface area contributed by atoms with Gasteiger partial charge in [0.05, 0.1) is 0 Å². The normalized spacial score (nSPS) is 14.2. The minimum Gasteiger partial charge on any atom is -0.456 e. The van der Waals surface area contributed by atoms with Crippen molar-refractivity contribution in [2.24, 2.45) is 0 Å². The fraction of sp³-hybridized carbons (Fsp3) is 0.0625. The molecule has 33 heavy (non-hydrogen) atoms. The minimum atomic E-state index is 0.947. The summed E-state index contributed by atoms with van der Waals surface area (Å²) in [4.78, 5) is 0. The van der Waals surface area contributed by atoms with Crippen molar-refractivity contribution in [1.29, 1.82) is 0 Å². The number of para-hydroxylation sites is 1. The number of fused-ring (bicyclic) bond motifs is 5. The zero-order valence-corrected chi connectivity index (χ0v) is 18.2. The molecule has 156 valence electrons. The third-order valence-corrected chi connectivity index (χ3v) is 6.94. The first-order chi connectivity index (χ1) is 16.4. The van der Waals surface area contributed by atoms with Crippen LogP contribution in [-0.4, -0.2) is 0 Å². The van der Waals surface area contributed by atoms with Crippen LogP contribution < -0.4 is 0 Å². The van der Waals surface area contributed by atoms with Gasteiger partial charge in [-0.05, 0) is 80.9 Å². The highest BCUT2D eigenvalue weighted by Crippen LogP contribution is 2.42. The lowest BCUT2D eigenvalue weighted by Gasteiger charge is -2.20. The largest absolute Gasteiger partial charge is 0.456 e. The minimum absolute atomic E-state index is 0.947. The van der Waals surface area contributed by atoms with Gasteiger partial charge in [-0.3, -0.25) is 0 Å². The average Bonchev–Trinajstić information content (AvgIpc) is 3.25. The second-order valence-electron chi connectivity index (χ2n) is 8.84. The molecule has 1 aliphatic rings. The van der Waals surface area contributed by atoms with Gasteiger partial charge in [0.2, 0.25) is 0 Å². The standard InChI is InChI=1S/C32H22O/c1-3-12-25-21(9-1)19-22-10-2-4-13-26(22)32(25)28-15-6-5-11-24(28)23-17-18-31-29(20-23)27-14-7-8-16-30(27)33-31/h1-4,6-10,12-20H,5,11H2. The van der Waals surface area contributed by atoms with E-state index in [1.807, 2.05) is 12.1 Å². The molecule has 1 nitrogen and oxygen atoms in total. The lowest BCUT2D eigenvalue weighted by atomic mass is 9.83. The van der Waals surface area contributed by atoms with E-state index in [4.69, 9.17) is 4.42 Å². The topological polar surface area (TPSA) is 13.1 Å². The Morgan fingerprint density at radius 1 is 0.576 bits per heavy atom. The van der Waals surface area contributed by atoms with Crippen molar-refractivity contribution in [2.75, 3.05) is 0 Å². The molecule has 5 aromatic carbocycles.